The fraction of sp³-hybridized carbons (Fsp3) is 0.714. The molecular weight excluding hydrogens is 245 g/mol. The quantitative estimate of drug-likeness (QED) is 0.618. The van der Waals surface area contributed by atoms with E-state index in [0.717, 1.165) is 11.4 Å². The van der Waals surface area contributed by atoms with Crippen LogP contribution in [0.25, 0.3) is 0 Å². The van der Waals surface area contributed by atoms with Gasteiger partial charge in [0.2, 0.25) is 0 Å². The molecule has 7 heteroatoms. The molecule has 1 heterocycles. The molecule has 0 atom stereocenters. The van der Waals surface area contributed by atoms with Crippen LogP contribution in [0, 0.1) is 0 Å². The Labute approximate surface area is 96.6 Å². The zero-order chi connectivity index (χ0) is 10.4. The van der Waals surface area contributed by atoms with Crippen molar-refractivity contribution in [3.05, 3.63) is 11.4 Å². The third kappa shape index (κ3) is 3.02. The maximum Gasteiger partial charge on any atom is 0.102 e. The number of halogens is 2. The van der Waals surface area contributed by atoms with Crippen LogP contribution in [-0.4, -0.2) is 32.5 Å². The topological polar surface area (TPSA) is 50.9 Å². The Balaban J connectivity index is 2.61. The normalized spacial score (nSPS) is 10.8. The molecular formula is C7H11Cl2N3OS. The van der Waals surface area contributed by atoms with Crippen molar-refractivity contribution in [2.24, 2.45) is 0 Å². The molecule has 0 aliphatic carbocycles. The van der Waals surface area contributed by atoms with Crippen LogP contribution in [0.15, 0.2) is 0 Å². The molecule has 0 spiro atoms. The van der Waals surface area contributed by atoms with Crippen LogP contribution in [0.4, 0.5) is 0 Å². The Morgan fingerprint density at radius 2 is 2.14 bits per heavy atom. The summed E-state index contributed by atoms with van der Waals surface area (Å²) in [7, 11) is 0. The molecule has 0 radical (unpaired) electrons. The average Bonchev–Trinajstić information content (AvgIpc) is 2.60. The second kappa shape index (κ2) is 6.50. The SMILES string of the molecule is OCCSCn1nnc(CCl)c1CCl. The minimum Gasteiger partial charge on any atom is -0.396 e. The van der Waals surface area contributed by atoms with Gasteiger partial charge in [-0.3, -0.25) is 0 Å². The van der Waals surface area contributed by atoms with Crippen molar-refractivity contribution < 1.29 is 5.11 Å². The Bertz CT molecular complexity index is 282. The number of aliphatic hydroxyl groups is 1. The van der Waals surface area contributed by atoms with Crippen molar-refractivity contribution >= 4 is 35.0 Å². The Morgan fingerprint density at radius 3 is 2.71 bits per heavy atom. The number of alkyl halides is 2. The van der Waals surface area contributed by atoms with Crippen molar-refractivity contribution in [2.75, 3.05) is 12.4 Å². The number of rotatable bonds is 6. The molecule has 1 N–H and O–H groups in total. The maximum atomic E-state index is 8.61. The molecule has 0 amide bonds. The molecule has 0 aliphatic heterocycles. The molecule has 4 nitrogen and oxygen atoms in total. The highest BCUT2D eigenvalue weighted by Crippen LogP contribution is 2.14. The summed E-state index contributed by atoms with van der Waals surface area (Å²) in [6.07, 6.45) is 0. The van der Waals surface area contributed by atoms with Crippen LogP contribution in [0.2, 0.25) is 0 Å². The van der Waals surface area contributed by atoms with Crippen molar-refractivity contribution in [3.8, 4) is 0 Å². The van der Waals surface area contributed by atoms with E-state index in [9.17, 15) is 0 Å². The number of aromatic nitrogens is 3. The van der Waals surface area contributed by atoms with Gasteiger partial charge in [-0.15, -0.1) is 40.1 Å². The Morgan fingerprint density at radius 1 is 1.36 bits per heavy atom. The molecule has 1 aromatic heterocycles. The van der Waals surface area contributed by atoms with Gasteiger partial charge in [0.15, 0.2) is 0 Å². The summed E-state index contributed by atoms with van der Waals surface area (Å²) in [4.78, 5) is 0. The maximum absolute atomic E-state index is 8.61. The van der Waals surface area contributed by atoms with E-state index in [2.05, 4.69) is 10.3 Å². The van der Waals surface area contributed by atoms with E-state index in [1.165, 1.54) is 0 Å². The number of aliphatic hydroxyl groups excluding tert-OH is 1. The van der Waals surface area contributed by atoms with Gasteiger partial charge in [-0.05, 0) is 0 Å². The molecule has 0 saturated carbocycles. The molecule has 0 aliphatic rings. The second-order valence-electron chi connectivity index (χ2n) is 2.51. The monoisotopic (exact) mass is 255 g/mol. The number of nitrogens with zero attached hydrogens (tertiary/aromatic N) is 3. The summed E-state index contributed by atoms with van der Waals surface area (Å²) in [6.45, 7) is 0.165. The molecule has 0 fully saturated rings. The third-order valence-electron chi connectivity index (χ3n) is 1.62. The lowest BCUT2D eigenvalue weighted by atomic mass is 10.4. The zero-order valence-electron chi connectivity index (χ0n) is 7.49. The number of hydrogen-bond donors (Lipinski definition) is 1. The molecule has 0 bridgehead atoms. The van der Waals surface area contributed by atoms with Gasteiger partial charge in [0.1, 0.15) is 5.69 Å². The van der Waals surface area contributed by atoms with E-state index in [1.54, 1.807) is 16.4 Å². The predicted octanol–water partition coefficient (Wildman–Crippen LogP) is 1.44. The third-order valence-corrected chi connectivity index (χ3v) is 3.03. The fourth-order valence-electron chi connectivity index (χ4n) is 0.938. The summed E-state index contributed by atoms with van der Waals surface area (Å²) in [5, 5.41) is 16.4. The lowest BCUT2D eigenvalue weighted by Gasteiger charge is -2.03. The van der Waals surface area contributed by atoms with E-state index < -0.39 is 0 Å². The van der Waals surface area contributed by atoms with Gasteiger partial charge in [-0.1, -0.05) is 5.21 Å². The van der Waals surface area contributed by atoms with Crippen molar-refractivity contribution in [2.45, 2.75) is 17.6 Å². The Hall–Kier alpha value is 0.0300. The smallest absolute Gasteiger partial charge is 0.102 e. The van der Waals surface area contributed by atoms with Gasteiger partial charge < -0.3 is 5.11 Å². The Kier molecular flexibility index (Phi) is 5.62. The standard InChI is InChI=1S/C7H11Cl2N3OS/c8-3-6-7(4-9)12(11-10-6)5-14-2-1-13/h13H,1-5H2. The first-order chi connectivity index (χ1) is 6.83. The van der Waals surface area contributed by atoms with Crippen LogP contribution >= 0.6 is 35.0 Å². The van der Waals surface area contributed by atoms with E-state index in [1.807, 2.05) is 0 Å². The summed E-state index contributed by atoms with van der Waals surface area (Å²) >= 11 is 13.0. The summed E-state index contributed by atoms with van der Waals surface area (Å²) in [5.41, 5.74) is 1.58. The van der Waals surface area contributed by atoms with Gasteiger partial charge in [-0.2, -0.15) is 0 Å². The van der Waals surface area contributed by atoms with E-state index in [0.29, 0.717) is 23.4 Å². The first-order valence-electron chi connectivity index (χ1n) is 4.05. The molecule has 1 aromatic rings. The van der Waals surface area contributed by atoms with Gasteiger partial charge in [-0.25, -0.2) is 4.68 Å². The summed E-state index contributed by atoms with van der Waals surface area (Å²) in [5.74, 6) is 2.01. The first-order valence-corrected chi connectivity index (χ1v) is 6.27. The van der Waals surface area contributed by atoms with E-state index in [4.69, 9.17) is 28.3 Å². The molecule has 80 valence electrons. The van der Waals surface area contributed by atoms with Crippen LogP contribution in [0.1, 0.15) is 11.4 Å². The molecule has 0 unspecified atom stereocenters. The van der Waals surface area contributed by atoms with Crippen LogP contribution in [0.5, 0.6) is 0 Å². The zero-order valence-corrected chi connectivity index (χ0v) is 9.82. The van der Waals surface area contributed by atoms with Crippen molar-refractivity contribution in [3.63, 3.8) is 0 Å². The minimum absolute atomic E-state index is 0.165. The lowest BCUT2D eigenvalue weighted by molar-refractivity contribution is 0.322. The fourth-order valence-corrected chi connectivity index (χ4v) is 2.08. The highest BCUT2D eigenvalue weighted by Gasteiger charge is 2.10. The van der Waals surface area contributed by atoms with Gasteiger partial charge in [0.05, 0.1) is 29.9 Å². The van der Waals surface area contributed by atoms with E-state index in [-0.39, 0.29) is 6.61 Å². The second-order valence-corrected chi connectivity index (χ2v) is 4.12. The first kappa shape index (κ1) is 12.1. The van der Waals surface area contributed by atoms with Gasteiger partial charge in [0, 0.05) is 5.75 Å². The van der Waals surface area contributed by atoms with Gasteiger partial charge in [0.25, 0.3) is 0 Å². The van der Waals surface area contributed by atoms with Crippen LogP contribution in [0.3, 0.4) is 0 Å². The molecule has 0 saturated heterocycles. The molecule has 14 heavy (non-hydrogen) atoms. The van der Waals surface area contributed by atoms with Crippen LogP contribution in [-0.2, 0) is 17.6 Å². The highest BCUT2D eigenvalue weighted by atomic mass is 35.5. The van der Waals surface area contributed by atoms with Crippen LogP contribution < -0.4 is 0 Å². The molecule has 1 rings (SSSR count). The predicted molar refractivity (Wildman–Crippen MR) is 58.7 cm³/mol. The minimum atomic E-state index is 0.165. The summed E-state index contributed by atoms with van der Waals surface area (Å²) in [6, 6.07) is 0. The molecule has 0 aromatic carbocycles. The van der Waals surface area contributed by atoms with E-state index >= 15 is 0 Å². The van der Waals surface area contributed by atoms with Crippen molar-refractivity contribution in [1.82, 2.24) is 15.0 Å². The number of thioether (sulfide) groups is 1. The van der Waals surface area contributed by atoms with Gasteiger partial charge >= 0.3 is 0 Å². The average molecular weight is 256 g/mol. The summed E-state index contributed by atoms with van der Waals surface area (Å²) < 4.78 is 1.71. The highest BCUT2D eigenvalue weighted by molar-refractivity contribution is 7.98. The van der Waals surface area contributed by atoms with Crippen molar-refractivity contribution in [1.29, 1.82) is 0 Å². The largest absolute Gasteiger partial charge is 0.396 e. The number of hydrogen-bond acceptors (Lipinski definition) is 4. The lowest BCUT2D eigenvalue weighted by Crippen LogP contribution is -2.03.